The number of nitrogens with one attached hydrogen (secondary N) is 2. The minimum atomic E-state index is -0.284. The average Bonchev–Trinajstić information content (AvgIpc) is 3.14. The Balaban J connectivity index is 1.81. The smallest absolute Gasteiger partial charge is 0.254 e. The highest BCUT2D eigenvalue weighted by atomic mass is 16.5. The largest absolute Gasteiger partial charge is 0.493 e. The van der Waals surface area contributed by atoms with Gasteiger partial charge in [-0.25, -0.2) is 0 Å². The van der Waals surface area contributed by atoms with Crippen molar-refractivity contribution in [2.75, 3.05) is 26.8 Å². The van der Waals surface area contributed by atoms with Crippen molar-refractivity contribution < 1.29 is 19.1 Å². The third kappa shape index (κ3) is 5.85. The highest BCUT2D eigenvalue weighted by molar-refractivity contribution is 6.07. The molecule has 36 heavy (non-hydrogen) atoms. The van der Waals surface area contributed by atoms with E-state index in [-0.39, 0.29) is 29.5 Å². The standard InChI is InChI=1S/C28H34N4O4/c1-6-35-25-14-19-16-32(26(30)20(19)15-21(25)27(34)31-5)17-23(33)18-9-10-24(36-12-8-7-11-29)22(13-18)28(2,3)4/h9-10,13-15,30H,6-8,12,16-17H2,1-5H3,(H,31,34). The molecule has 0 atom stereocenters. The Hall–Kier alpha value is -3.86. The van der Waals surface area contributed by atoms with Crippen LogP contribution in [0.1, 0.15) is 77.9 Å². The molecule has 3 rings (SSSR count). The molecule has 0 unspecified atom stereocenters. The van der Waals surface area contributed by atoms with Gasteiger partial charge in [0.2, 0.25) is 0 Å². The van der Waals surface area contributed by atoms with Crippen molar-refractivity contribution in [2.24, 2.45) is 0 Å². The lowest BCUT2D eigenvalue weighted by Crippen LogP contribution is -2.30. The summed E-state index contributed by atoms with van der Waals surface area (Å²) < 4.78 is 11.6. The number of benzene rings is 2. The van der Waals surface area contributed by atoms with Crippen LogP contribution in [0.3, 0.4) is 0 Å². The van der Waals surface area contributed by atoms with Crippen molar-refractivity contribution in [2.45, 2.75) is 52.5 Å². The molecule has 2 aromatic carbocycles. The molecule has 1 amide bonds. The molecule has 0 saturated heterocycles. The minimum Gasteiger partial charge on any atom is -0.493 e. The first-order valence-electron chi connectivity index (χ1n) is 12.1. The quantitative estimate of drug-likeness (QED) is 0.376. The Bertz CT molecular complexity index is 1210. The van der Waals surface area contributed by atoms with E-state index >= 15 is 0 Å². The molecule has 1 aliphatic rings. The van der Waals surface area contributed by atoms with Crippen molar-refractivity contribution in [3.63, 3.8) is 0 Å². The summed E-state index contributed by atoms with van der Waals surface area (Å²) in [6.45, 7) is 9.31. The summed E-state index contributed by atoms with van der Waals surface area (Å²) in [6, 6.07) is 11.0. The fourth-order valence-corrected chi connectivity index (χ4v) is 4.16. The predicted molar refractivity (Wildman–Crippen MR) is 138 cm³/mol. The van der Waals surface area contributed by atoms with Gasteiger partial charge in [-0.15, -0.1) is 0 Å². The lowest BCUT2D eigenvalue weighted by Gasteiger charge is -2.24. The van der Waals surface area contributed by atoms with Crippen LogP contribution >= 0.6 is 0 Å². The molecule has 8 heteroatoms. The van der Waals surface area contributed by atoms with Crippen LogP contribution in [0.2, 0.25) is 0 Å². The van der Waals surface area contributed by atoms with E-state index in [1.807, 2.05) is 19.1 Å². The number of hydrogen-bond acceptors (Lipinski definition) is 6. The maximum Gasteiger partial charge on any atom is 0.254 e. The van der Waals surface area contributed by atoms with Gasteiger partial charge in [0.25, 0.3) is 5.91 Å². The van der Waals surface area contributed by atoms with Crippen LogP contribution in [0.5, 0.6) is 11.5 Å². The number of carbonyl (C=O) groups excluding carboxylic acids is 2. The highest BCUT2D eigenvalue weighted by Crippen LogP contribution is 2.34. The molecular weight excluding hydrogens is 456 g/mol. The maximum absolute atomic E-state index is 13.3. The molecular formula is C28H34N4O4. The molecule has 0 radical (unpaired) electrons. The monoisotopic (exact) mass is 490 g/mol. The maximum atomic E-state index is 13.3. The molecule has 2 aromatic rings. The van der Waals surface area contributed by atoms with Crippen LogP contribution in [0, 0.1) is 16.7 Å². The number of Topliss-reactive ketones (excluding diaryl/α,β-unsaturated/α-hetero) is 1. The Morgan fingerprint density at radius 1 is 1.17 bits per heavy atom. The molecule has 1 aliphatic heterocycles. The highest BCUT2D eigenvalue weighted by Gasteiger charge is 2.30. The van der Waals surface area contributed by atoms with Gasteiger partial charge in [0.15, 0.2) is 5.78 Å². The van der Waals surface area contributed by atoms with E-state index in [1.54, 1.807) is 30.1 Å². The van der Waals surface area contributed by atoms with Crippen LogP contribution in [-0.4, -0.2) is 49.2 Å². The fourth-order valence-electron chi connectivity index (χ4n) is 4.16. The molecule has 0 bridgehead atoms. The van der Waals surface area contributed by atoms with Crippen LogP contribution < -0.4 is 14.8 Å². The lowest BCUT2D eigenvalue weighted by atomic mass is 9.85. The number of nitriles is 1. The molecule has 8 nitrogen and oxygen atoms in total. The normalized spacial score (nSPS) is 12.7. The van der Waals surface area contributed by atoms with Gasteiger partial charge < -0.3 is 19.7 Å². The number of ether oxygens (including phenoxy) is 2. The minimum absolute atomic E-state index is 0.0404. The van der Waals surface area contributed by atoms with Crippen molar-refractivity contribution >= 4 is 17.5 Å². The molecule has 190 valence electrons. The van der Waals surface area contributed by atoms with Gasteiger partial charge in [-0.1, -0.05) is 20.8 Å². The van der Waals surface area contributed by atoms with E-state index in [0.29, 0.717) is 60.8 Å². The van der Waals surface area contributed by atoms with Crippen LogP contribution in [0.15, 0.2) is 30.3 Å². The number of carbonyl (C=O) groups is 2. The first-order chi connectivity index (χ1) is 17.1. The van der Waals surface area contributed by atoms with E-state index < -0.39 is 0 Å². The topological polar surface area (TPSA) is 116 Å². The summed E-state index contributed by atoms with van der Waals surface area (Å²) in [4.78, 5) is 27.3. The number of nitrogens with zero attached hydrogens (tertiary/aromatic N) is 2. The van der Waals surface area contributed by atoms with Gasteiger partial charge in [0.05, 0.1) is 31.4 Å². The molecule has 0 aliphatic carbocycles. The first kappa shape index (κ1) is 26.7. The SMILES string of the molecule is CCOc1cc2c(cc1C(=O)NC)C(=N)N(CC(=O)c1ccc(OCCCC#N)c(C(C)(C)C)c1)C2. The Morgan fingerprint density at radius 2 is 1.92 bits per heavy atom. The van der Waals surface area contributed by atoms with Gasteiger partial charge in [0.1, 0.15) is 17.3 Å². The van der Waals surface area contributed by atoms with E-state index in [2.05, 4.69) is 32.2 Å². The van der Waals surface area contributed by atoms with E-state index in [4.69, 9.17) is 20.1 Å². The number of rotatable bonds is 10. The number of unbranched alkanes of at least 4 members (excludes halogenated alkanes) is 1. The summed E-state index contributed by atoms with van der Waals surface area (Å²) >= 11 is 0. The van der Waals surface area contributed by atoms with Crippen LogP contribution in [-0.2, 0) is 12.0 Å². The van der Waals surface area contributed by atoms with Crippen molar-refractivity contribution in [3.05, 3.63) is 58.1 Å². The summed E-state index contributed by atoms with van der Waals surface area (Å²) in [7, 11) is 1.55. The van der Waals surface area contributed by atoms with Gasteiger partial charge in [-0.05, 0) is 54.7 Å². The molecule has 0 fully saturated rings. The second kappa shape index (κ2) is 11.3. The van der Waals surface area contributed by atoms with Crippen LogP contribution in [0.4, 0.5) is 0 Å². The van der Waals surface area contributed by atoms with Crippen LogP contribution in [0.25, 0.3) is 0 Å². The third-order valence-corrected chi connectivity index (χ3v) is 6.04. The Kier molecular flexibility index (Phi) is 8.36. The van der Waals surface area contributed by atoms with Gasteiger partial charge in [0, 0.05) is 36.7 Å². The molecule has 0 saturated carbocycles. The zero-order valence-corrected chi connectivity index (χ0v) is 21.7. The summed E-state index contributed by atoms with van der Waals surface area (Å²) in [5, 5.41) is 20.0. The van der Waals surface area contributed by atoms with Gasteiger partial charge in [-0.2, -0.15) is 5.26 Å². The Morgan fingerprint density at radius 3 is 2.56 bits per heavy atom. The van der Waals surface area contributed by atoms with Gasteiger partial charge in [-0.3, -0.25) is 15.0 Å². The molecule has 2 N–H and O–H groups in total. The molecule has 0 spiro atoms. The zero-order valence-electron chi connectivity index (χ0n) is 21.7. The van der Waals surface area contributed by atoms with Crippen molar-refractivity contribution in [1.82, 2.24) is 10.2 Å². The van der Waals surface area contributed by atoms with Crippen molar-refractivity contribution in [1.29, 1.82) is 10.7 Å². The summed E-state index contributed by atoms with van der Waals surface area (Å²) in [6.07, 6.45) is 1.08. The fraction of sp³-hybridized carbons (Fsp3) is 0.429. The number of fused-ring (bicyclic) bond motifs is 1. The van der Waals surface area contributed by atoms with E-state index in [1.165, 1.54) is 0 Å². The summed E-state index contributed by atoms with van der Waals surface area (Å²) in [5.41, 5.74) is 3.07. The average molecular weight is 491 g/mol. The second-order valence-electron chi connectivity index (χ2n) is 9.72. The van der Waals surface area contributed by atoms with Crippen molar-refractivity contribution in [3.8, 4) is 17.6 Å². The summed E-state index contributed by atoms with van der Waals surface area (Å²) in [5.74, 6) is 0.999. The van der Waals surface area contributed by atoms with E-state index in [0.717, 1.165) is 11.1 Å². The van der Waals surface area contributed by atoms with Gasteiger partial charge >= 0.3 is 0 Å². The first-order valence-corrected chi connectivity index (χ1v) is 12.1. The molecule has 0 aromatic heterocycles. The number of amides is 1. The second-order valence-corrected chi connectivity index (χ2v) is 9.72. The predicted octanol–water partition coefficient (Wildman–Crippen LogP) is 4.45. The Labute approximate surface area is 212 Å². The zero-order chi connectivity index (χ0) is 26.5. The lowest BCUT2D eigenvalue weighted by molar-refractivity contribution is 0.0953. The van der Waals surface area contributed by atoms with E-state index in [9.17, 15) is 9.59 Å². The number of amidine groups is 1. The number of hydrogen-bond donors (Lipinski definition) is 2. The number of ketones is 1. The molecule has 1 heterocycles. The third-order valence-electron chi connectivity index (χ3n) is 6.04.